The number of fused-ring (bicyclic) bond motifs is 3. The van der Waals surface area contributed by atoms with Crippen molar-refractivity contribution in [2.24, 2.45) is 10.1 Å². The number of guanidine groups is 1. The third-order valence-electron chi connectivity index (χ3n) is 3.66. The van der Waals surface area contributed by atoms with Crippen molar-refractivity contribution in [1.82, 2.24) is 20.1 Å². The third kappa shape index (κ3) is 1.52. The number of hydrogen-bond donors (Lipinski definition) is 1. The fraction of sp³-hybridized carbons (Fsp3) is 0.636. The summed E-state index contributed by atoms with van der Waals surface area (Å²) in [6.45, 7) is 4.60. The number of hydrogen-bond acceptors (Lipinski definition) is 6. The van der Waals surface area contributed by atoms with Gasteiger partial charge < -0.3 is 9.80 Å². The topological polar surface area (TPSA) is 80.6 Å². The molecule has 102 valence electrons. The monoisotopic (exact) mass is 264 g/mol. The lowest BCUT2D eigenvalue weighted by Crippen LogP contribution is -2.66. The van der Waals surface area contributed by atoms with Crippen molar-refractivity contribution in [2.45, 2.75) is 26.1 Å². The standard InChI is InChI=1S/C11H16N6O2/c1-4-16-9(18)7-8(15(3)11(16)19)12-10-14-13-6(2)5-17(7)10/h7-8H,4-5H2,1-3H3,(H,12,14). The molecule has 3 amide bonds. The zero-order chi connectivity index (χ0) is 13.7. The molecule has 3 rings (SSSR count). The highest BCUT2D eigenvalue weighted by Gasteiger charge is 2.52. The van der Waals surface area contributed by atoms with Crippen LogP contribution in [-0.4, -0.2) is 70.7 Å². The molecule has 19 heavy (non-hydrogen) atoms. The minimum atomic E-state index is -0.466. The maximum Gasteiger partial charge on any atom is 0.328 e. The quantitative estimate of drug-likeness (QED) is 0.675. The summed E-state index contributed by atoms with van der Waals surface area (Å²) >= 11 is 0. The van der Waals surface area contributed by atoms with Crippen molar-refractivity contribution in [2.75, 3.05) is 20.1 Å². The number of rotatable bonds is 1. The lowest BCUT2D eigenvalue weighted by molar-refractivity contribution is -0.137. The molecule has 3 aliphatic heterocycles. The summed E-state index contributed by atoms with van der Waals surface area (Å²) in [5.74, 6) is 0.373. The Bertz CT molecular complexity index is 513. The summed E-state index contributed by atoms with van der Waals surface area (Å²) in [5, 5.41) is 4.10. The second-order valence-electron chi connectivity index (χ2n) is 4.87. The second kappa shape index (κ2) is 3.94. The number of imide groups is 1. The van der Waals surface area contributed by atoms with Gasteiger partial charge in [0, 0.05) is 13.6 Å². The van der Waals surface area contributed by atoms with Crippen molar-refractivity contribution in [1.29, 1.82) is 0 Å². The first-order valence-corrected chi connectivity index (χ1v) is 6.26. The van der Waals surface area contributed by atoms with E-state index in [1.165, 1.54) is 9.80 Å². The van der Waals surface area contributed by atoms with Gasteiger partial charge in [0.2, 0.25) is 5.96 Å². The molecule has 0 aromatic carbocycles. The first-order chi connectivity index (χ1) is 9.04. The van der Waals surface area contributed by atoms with Gasteiger partial charge in [-0.15, -0.1) is 0 Å². The maximum atomic E-state index is 12.5. The van der Waals surface area contributed by atoms with E-state index < -0.39 is 12.2 Å². The van der Waals surface area contributed by atoms with Crippen LogP contribution in [0.3, 0.4) is 0 Å². The van der Waals surface area contributed by atoms with E-state index in [1.54, 1.807) is 14.0 Å². The number of nitrogens with one attached hydrogen (secondary N) is 1. The minimum Gasteiger partial charge on any atom is -0.320 e. The van der Waals surface area contributed by atoms with E-state index >= 15 is 0 Å². The van der Waals surface area contributed by atoms with Gasteiger partial charge in [-0.1, -0.05) is 0 Å². The van der Waals surface area contributed by atoms with E-state index in [0.717, 1.165) is 5.71 Å². The van der Waals surface area contributed by atoms with Crippen LogP contribution in [0.4, 0.5) is 4.79 Å². The van der Waals surface area contributed by atoms with Gasteiger partial charge in [0.1, 0.15) is 0 Å². The zero-order valence-electron chi connectivity index (χ0n) is 11.1. The van der Waals surface area contributed by atoms with E-state index in [2.05, 4.69) is 15.5 Å². The number of urea groups is 1. The molecule has 3 aliphatic rings. The summed E-state index contributed by atoms with van der Waals surface area (Å²) in [6.07, 6.45) is -0.466. The molecule has 8 heteroatoms. The number of nitrogens with zero attached hydrogens (tertiary/aromatic N) is 5. The van der Waals surface area contributed by atoms with Crippen LogP contribution in [0.15, 0.2) is 10.1 Å². The van der Waals surface area contributed by atoms with Crippen molar-refractivity contribution in [3.05, 3.63) is 0 Å². The predicted molar refractivity (Wildman–Crippen MR) is 68.5 cm³/mol. The third-order valence-corrected chi connectivity index (χ3v) is 3.66. The highest BCUT2D eigenvalue weighted by atomic mass is 16.2. The molecule has 0 radical (unpaired) electrons. The molecule has 1 N–H and O–H groups in total. The van der Waals surface area contributed by atoms with E-state index in [4.69, 9.17) is 0 Å². The van der Waals surface area contributed by atoms with Crippen LogP contribution >= 0.6 is 0 Å². The van der Waals surface area contributed by atoms with Crippen molar-refractivity contribution >= 4 is 23.6 Å². The fourth-order valence-electron chi connectivity index (χ4n) is 2.66. The van der Waals surface area contributed by atoms with Gasteiger partial charge in [-0.3, -0.25) is 9.69 Å². The Kier molecular flexibility index (Phi) is 2.48. The van der Waals surface area contributed by atoms with Gasteiger partial charge >= 0.3 is 6.03 Å². The van der Waals surface area contributed by atoms with E-state index in [-0.39, 0.29) is 11.9 Å². The first kappa shape index (κ1) is 11.9. The molecule has 1 fully saturated rings. The van der Waals surface area contributed by atoms with E-state index in [1.807, 2.05) is 11.8 Å². The molecule has 0 spiro atoms. The number of hydrazone groups is 1. The van der Waals surface area contributed by atoms with Crippen LogP contribution in [0.2, 0.25) is 0 Å². The highest BCUT2D eigenvalue weighted by molar-refractivity contribution is 6.05. The molecule has 0 aromatic heterocycles. The van der Waals surface area contributed by atoms with Crippen molar-refractivity contribution in [3.63, 3.8) is 0 Å². The minimum absolute atomic E-state index is 0.189. The smallest absolute Gasteiger partial charge is 0.320 e. The van der Waals surface area contributed by atoms with Gasteiger partial charge in [0.15, 0.2) is 12.2 Å². The fourth-order valence-corrected chi connectivity index (χ4v) is 2.66. The summed E-state index contributed by atoms with van der Waals surface area (Å²) in [5.41, 5.74) is 3.72. The molecule has 3 heterocycles. The Labute approximate surface area is 110 Å². The summed E-state index contributed by atoms with van der Waals surface area (Å²) in [4.78, 5) is 33.6. The molecular formula is C11H16N6O2. The SMILES string of the molecule is CCN1C(=O)C2C(N=C3NN=C(C)CN32)N(C)C1=O. The Morgan fingerprint density at radius 1 is 1.42 bits per heavy atom. The molecule has 0 saturated carbocycles. The first-order valence-electron chi connectivity index (χ1n) is 6.26. The molecule has 2 atom stereocenters. The average molecular weight is 264 g/mol. The number of aliphatic imine (C=N–C) groups is 1. The van der Waals surface area contributed by atoms with Gasteiger partial charge in [-0.2, -0.15) is 5.10 Å². The van der Waals surface area contributed by atoms with Gasteiger partial charge in [0.25, 0.3) is 5.91 Å². The Morgan fingerprint density at radius 3 is 2.84 bits per heavy atom. The van der Waals surface area contributed by atoms with Gasteiger partial charge in [0.05, 0.1) is 12.3 Å². The van der Waals surface area contributed by atoms with Gasteiger partial charge in [-0.05, 0) is 13.8 Å². The Morgan fingerprint density at radius 2 is 2.16 bits per heavy atom. The maximum absolute atomic E-state index is 12.5. The predicted octanol–water partition coefficient (Wildman–Crippen LogP) is -0.754. The summed E-state index contributed by atoms with van der Waals surface area (Å²) < 4.78 is 0. The molecule has 0 aliphatic carbocycles. The summed E-state index contributed by atoms with van der Waals surface area (Å²) in [6, 6.07) is -0.744. The lowest BCUT2D eigenvalue weighted by Gasteiger charge is -2.41. The van der Waals surface area contributed by atoms with E-state index in [9.17, 15) is 9.59 Å². The average Bonchev–Trinajstić information content (AvgIpc) is 2.75. The van der Waals surface area contributed by atoms with Gasteiger partial charge in [-0.25, -0.2) is 15.2 Å². The van der Waals surface area contributed by atoms with Crippen molar-refractivity contribution < 1.29 is 9.59 Å². The molecule has 0 bridgehead atoms. The lowest BCUT2D eigenvalue weighted by atomic mass is 10.1. The highest BCUT2D eigenvalue weighted by Crippen LogP contribution is 2.27. The van der Waals surface area contributed by atoms with Crippen LogP contribution < -0.4 is 5.43 Å². The van der Waals surface area contributed by atoms with Crippen LogP contribution in [0.25, 0.3) is 0 Å². The number of carbonyl (C=O) groups excluding carboxylic acids is 2. The molecular weight excluding hydrogens is 248 g/mol. The number of amides is 3. The van der Waals surface area contributed by atoms with Crippen molar-refractivity contribution in [3.8, 4) is 0 Å². The number of carbonyl (C=O) groups is 2. The molecule has 0 aromatic rings. The van der Waals surface area contributed by atoms with E-state index in [0.29, 0.717) is 19.0 Å². The summed E-state index contributed by atoms with van der Waals surface area (Å²) in [7, 11) is 1.67. The van der Waals surface area contributed by atoms with Crippen LogP contribution in [0.5, 0.6) is 0 Å². The van der Waals surface area contributed by atoms with Crippen LogP contribution in [0.1, 0.15) is 13.8 Å². The molecule has 8 nitrogen and oxygen atoms in total. The normalized spacial score (nSPS) is 29.7. The van der Waals surface area contributed by atoms with Crippen LogP contribution in [0, 0.1) is 0 Å². The van der Waals surface area contributed by atoms with Crippen LogP contribution in [-0.2, 0) is 4.79 Å². The Hall–Kier alpha value is -2.12. The molecule has 1 saturated heterocycles. The molecule has 2 unspecified atom stereocenters. The Balaban J connectivity index is 1.97. The number of likely N-dealkylation sites (N-methyl/N-ethyl adjacent to an activating group) is 2. The second-order valence-corrected chi connectivity index (χ2v) is 4.87. The largest absolute Gasteiger partial charge is 0.328 e. The zero-order valence-corrected chi connectivity index (χ0v) is 11.1.